The van der Waals surface area contributed by atoms with Crippen LogP contribution in [0.5, 0.6) is 0 Å². The molecule has 0 spiro atoms. The van der Waals surface area contributed by atoms with E-state index in [4.69, 9.17) is 20.4 Å². The Morgan fingerprint density at radius 1 is 0.700 bits per heavy atom. The molecule has 0 bridgehead atoms. The summed E-state index contributed by atoms with van der Waals surface area (Å²) in [5.41, 5.74) is 3.31. The third-order valence-electron chi connectivity index (χ3n) is 5.23. The Bertz CT molecular complexity index is 1120. The highest BCUT2D eigenvalue weighted by Gasteiger charge is 2.17. The van der Waals surface area contributed by atoms with Crippen LogP contribution < -0.4 is 5.32 Å². The molecular formula is C28H33N3O9. The minimum Gasteiger partial charge on any atom is -0.478 e. The molecule has 1 saturated heterocycles. The molecule has 1 amide bonds. The van der Waals surface area contributed by atoms with Crippen molar-refractivity contribution in [2.75, 3.05) is 45.1 Å². The van der Waals surface area contributed by atoms with Crippen LogP contribution in [0.3, 0.4) is 0 Å². The fourth-order valence-electron chi connectivity index (χ4n) is 3.30. The quantitative estimate of drug-likeness (QED) is 0.285. The lowest BCUT2D eigenvalue weighted by atomic mass is 10.0. The largest absolute Gasteiger partial charge is 0.478 e. The fraction of sp³-hybridized carbons (Fsp3) is 0.250. The van der Waals surface area contributed by atoms with Crippen LogP contribution in [-0.2, 0) is 30.4 Å². The minimum atomic E-state index is -1.26. The molecule has 0 unspecified atom stereocenters. The van der Waals surface area contributed by atoms with Gasteiger partial charge in [-0.15, -0.1) is 0 Å². The van der Waals surface area contributed by atoms with Gasteiger partial charge in [0.15, 0.2) is 0 Å². The summed E-state index contributed by atoms with van der Waals surface area (Å²) in [5, 5.41) is 34.3. The number of hydrogen-bond acceptors (Lipinski definition) is 7. The van der Waals surface area contributed by atoms with E-state index in [2.05, 4.69) is 40.4 Å². The predicted molar refractivity (Wildman–Crippen MR) is 147 cm³/mol. The standard InChI is InChI=1S/C20H25N3O.2C4H4O4/c1-22-11-13-23(14-12-22)16-20(24)21-19-10-6-5-9-18(19)15-17-7-3-2-4-8-17;2*5-3(6)1-2-4(7)8/h2-10H,11-16H2,1H3,(H,21,24);2*1-2H,(H,5,6)(H,7,8)/b;2*2-1-. The van der Waals surface area contributed by atoms with E-state index in [0.717, 1.165) is 43.9 Å². The molecule has 214 valence electrons. The SMILES string of the molecule is CN1CCN(CC(=O)Nc2ccccc2Cc2ccccc2)CC1.O=C(O)/C=C\C(=O)O.O=C(O)/C=C\C(=O)O. The number of likely N-dealkylation sites (N-methyl/N-ethyl adjacent to an activating group) is 1. The lowest BCUT2D eigenvalue weighted by Crippen LogP contribution is -2.47. The lowest BCUT2D eigenvalue weighted by Gasteiger charge is -2.31. The van der Waals surface area contributed by atoms with Crippen molar-refractivity contribution < 1.29 is 44.4 Å². The molecule has 1 heterocycles. The number of carbonyl (C=O) groups is 5. The number of amides is 1. The van der Waals surface area contributed by atoms with E-state index < -0.39 is 23.9 Å². The van der Waals surface area contributed by atoms with Crippen LogP contribution in [0.1, 0.15) is 11.1 Å². The number of para-hydroxylation sites is 1. The van der Waals surface area contributed by atoms with Gasteiger partial charge in [0.25, 0.3) is 0 Å². The van der Waals surface area contributed by atoms with E-state index >= 15 is 0 Å². The molecule has 3 rings (SSSR count). The van der Waals surface area contributed by atoms with Crippen molar-refractivity contribution in [2.24, 2.45) is 0 Å². The van der Waals surface area contributed by atoms with Gasteiger partial charge in [0.05, 0.1) is 6.54 Å². The second kappa shape index (κ2) is 18.4. The molecule has 2 aromatic carbocycles. The molecule has 40 heavy (non-hydrogen) atoms. The van der Waals surface area contributed by atoms with Crippen LogP contribution in [0.25, 0.3) is 0 Å². The van der Waals surface area contributed by atoms with Crippen molar-refractivity contribution in [1.82, 2.24) is 9.80 Å². The van der Waals surface area contributed by atoms with Gasteiger partial charge in [0.1, 0.15) is 0 Å². The molecule has 2 aromatic rings. The maximum atomic E-state index is 12.4. The highest BCUT2D eigenvalue weighted by molar-refractivity contribution is 5.93. The zero-order valence-corrected chi connectivity index (χ0v) is 22.0. The number of aliphatic carboxylic acids is 4. The van der Waals surface area contributed by atoms with Gasteiger partial charge in [-0.2, -0.15) is 0 Å². The third-order valence-corrected chi connectivity index (χ3v) is 5.23. The minimum absolute atomic E-state index is 0.0695. The summed E-state index contributed by atoms with van der Waals surface area (Å²) in [4.78, 5) is 55.1. The van der Waals surface area contributed by atoms with Crippen LogP contribution in [0.4, 0.5) is 5.69 Å². The Morgan fingerprint density at radius 2 is 1.15 bits per heavy atom. The molecule has 0 radical (unpaired) electrons. The number of rotatable bonds is 9. The number of nitrogens with zero attached hydrogens (tertiary/aromatic N) is 2. The van der Waals surface area contributed by atoms with E-state index in [1.54, 1.807) is 0 Å². The molecule has 0 saturated carbocycles. The van der Waals surface area contributed by atoms with Crippen molar-refractivity contribution >= 4 is 35.5 Å². The van der Waals surface area contributed by atoms with Gasteiger partial charge in [-0.05, 0) is 30.7 Å². The normalized spacial score (nSPS) is 13.4. The van der Waals surface area contributed by atoms with Crippen molar-refractivity contribution in [3.05, 3.63) is 90.0 Å². The first-order chi connectivity index (χ1) is 19.0. The Hall–Kier alpha value is -4.81. The van der Waals surface area contributed by atoms with E-state index in [9.17, 15) is 24.0 Å². The Labute approximate surface area is 231 Å². The monoisotopic (exact) mass is 555 g/mol. The summed E-state index contributed by atoms with van der Waals surface area (Å²) >= 11 is 0. The number of anilines is 1. The molecule has 0 atom stereocenters. The number of piperazine rings is 1. The molecular weight excluding hydrogens is 522 g/mol. The van der Waals surface area contributed by atoms with Crippen molar-refractivity contribution in [2.45, 2.75) is 6.42 Å². The highest BCUT2D eigenvalue weighted by atomic mass is 16.4. The molecule has 1 aliphatic rings. The summed E-state index contributed by atoms with van der Waals surface area (Å²) in [7, 11) is 2.12. The molecule has 1 aliphatic heterocycles. The number of carboxylic acids is 4. The van der Waals surface area contributed by atoms with Gasteiger partial charge in [-0.3, -0.25) is 9.69 Å². The Morgan fingerprint density at radius 3 is 1.62 bits per heavy atom. The number of carboxylic acid groups (broad SMARTS) is 4. The van der Waals surface area contributed by atoms with Crippen LogP contribution in [0.2, 0.25) is 0 Å². The Kier molecular flexibility index (Phi) is 15.3. The summed E-state index contributed by atoms with van der Waals surface area (Å²) in [6, 6.07) is 18.4. The zero-order valence-electron chi connectivity index (χ0n) is 22.0. The molecule has 0 aromatic heterocycles. The third kappa shape index (κ3) is 16.1. The smallest absolute Gasteiger partial charge is 0.328 e. The van der Waals surface area contributed by atoms with E-state index in [1.165, 1.54) is 5.56 Å². The lowest BCUT2D eigenvalue weighted by molar-refractivity contribution is -0.134. The number of carbonyl (C=O) groups excluding carboxylic acids is 1. The second-order valence-electron chi connectivity index (χ2n) is 8.47. The van der Waals surface area contributed by atoms with Gasteiger partial charge in [0.2, 0.25) is 5.91 Å². The van der Waals surface area contributed by atoms with E-state index in [-0.39, 0.29) is 5.91 Å². The molecule has 12 heteroatoms. The fourth-order valence-corrected chi connectivity index (χ4v) is 3.30. The first-order valence-electron chi connectivity index (χ1n) is 12.1. The average Bonchev–Trinajstić information content (AvgIpc) is 2.90. The summed E-state index contributed by atoms with van der Waals surface area (Å²) < 4.78 is 0. The molecule has 12 nitrogen and oxygen atoms in total. The summed E-state index contributed by atoms with van der Waals surface area (Å²) in [6.07, 6.45) is 3.06. The second-order valence-corrected chi connectivity index (χ2v) is 8.47. The van der Waals surface area contributed by atoms with Crippen LogP contribution in [0.15, 0.2) is 78.9 Å². The maximum absolute atomic E-state index is 12.4. The van der Waals surface area contributed by atoms with Gasteiger partial charge in [-0.25, -0.2) is 19.2 Å². The first kappa shape index (κ1) is 33.2. The number of nitrogens with one attached hydrogen (secondary N) is 1. The predicted octanol–water partition coefficient (Wildman–Crippen LogP) is 1.89. The molecule has 5 N–H and O–H groups in total. The van der Waals surface area contributed by atoms with E-state index in [0.29, 0.717) is 30.8 Å². The molecule has 0 aliphatic carbocycles. The van der Waals surface area contributed by atoms with Crippen molar-refractivity contribution in [3.8, 4) is 0 Å². The van der Waals surface area contributed by atoms with Gasteiger partial charge in [-0.1, -0.05) is 48.5 Å². The summed E-state index contributed by atoms with van der Waals surface area (Å²) in [5.74, 6) is -4.96. The van der Waals surface area contributed by atoms with Crippen molar-refractivity contribution in [1.29, 1.82) is 0 Å². The van der Waals surface area contributed by atoms with Crippen LogP contribution in [0, 0.1) is 0 Å². The summed E-state index contributed by atoms with van der Waals surface area (Å²) in [6.45, 7) is 4.43. The van der Waals surface area contributed by atoms with Crippen LogP contribution >= 0.6 is 0 Å². The average molecular weight is 556 g/mol. The van der Waals surface area contributed by atoms with Crippen LogP contribution in [-0.4, -0.2) is 99.8 Å². The number of benzene rings is 2. The first-order valence-corrected chi connectivity index (χ1v) is 12.1. The van der Waals surface area contributed by atoms with Gasteiger partial charge < -0.3 is 30.6 Å². The van der Waals surface area contributed by atoms with Gasteiger partial charge >= 0.3 is 23.9 Å². The zero-order chi connectivity index (χ0) is 29.9. The Balaban J connectivity index is 0.000000412. The highest BCUT2D eigenvalue weighted by Crippen LogP contribution is 2.19. The topological polar surface area (TPSA) is 185 Å². The van der Waals surface area contributed by atoms with E-state index in [1.807, 2.05) is 36.4 Å². The number of hydrogen-bond donors (Lipinski definition) is 5. The van der Waals surface area contributed by atoms with Gasteiger partial charge in [0, 0.05) is 56.2 Å². The van der Waals surface area contributed by atoms with Crippen molar-refractivity contribution in [3.63, 3.8) is 0 Å². The maximum Gasteiger partial charge on any atom is 0.328 e. The molecule has 1 fully saturated rings.